The molecule has 1 rings (SSSR count). The van der Waals surface area contributed by atoms with Crippen LogP contribution in [0.4, 0.5) is 0 Å². The molecule has 3 nitrogen and oxygen atoms in total. The van der Waals surface area contributed by atoms with Crippen molar-refractivity contribution in [3.05, 3.63) is 28.7 Å². The Kier molecular flexibility index (Phi) is 5.62. The molecule has 1 aromatic rings. The van der Waals surface area contributed by atoms with Gasteiger partial charge in [-0.2, -0.15) is 0 Å². The Hall–Kier alpha value is -0.390. The molecule has 1 aromatic carbocycles. The van der Waals surface area contributed by atoms with E-state index >= 15 is 0 Å². The molecule has 0 bridgehead atoms. The average Bonchev–Trinajstić information content (AvgIpc) is 2.31. The van der Waals surface area contributed by atoms with Crippen molar-refractivity contribution in [1.29, 1.82) is 0 Å². The van der Waals surface area contributed by atoms with Gasteiger partial charge < -0.3 is 4.90 Å². The fraction of sp³-hybridized carbons (Fsp3) is 0.500. The normalized spacial score (nSPS) is 12.0. The number of hydrogen-bond donors (Lipinski definition) is 0. The molecule has 0 saturated carbocycles. The lowest BCUT2D eigenvalue weighted by molar-refractivity contribution is 0.321. The highest BCUT2D eigenvalue weighted by atomic mass is 79.9. The van der Waals surface area contributed by atoms with Crippen LogP contribution >= 0.6 is 15.9 Å². The summed E-state index contributed by atoms with van der Waals surface area (Å²) in [5, 5.41) is 0. The van der Waals surface area contributed by atoms with Gasteiger partial charge in [0, 0.05) is 11.0 Å². The highest BCUT2D eigenvalue weighted by Crippen LogP contribution is 2.15. The molecule has 0 unspecified atom stereocenters. The Morgan fingerprint density at radius 1 is 1.12 bits per heavy atom. The van der Waals surface area contributed by atoms with Crippen LogP contribution in [0.25, 0.3) is 0 Å². The molecule has 0 amide bonds. The third-order valence-electron chi connectivity index (χ3n) is 2.74. The molecule has 0 radical (unpaired) electrons. The lowest BCUT2D eigenvalue weighted by Gasteiger charge is -2.17. The molecule has 17 heavy (non-hydrogen) atoms. The van der Waals surface area contributed by atoms with E-state index in [9.17, 15) is 8.42 Å². The zero-order chi connectivity index (χ0) is 12.9. The molecule has 0 aromatic heterocycles. The molecule has 0 atom stereocenters. The lowest BCUT2D eigenvalue weighted by atomic mass is 10.4. The minimum Gasteiger partial charge on any atom is -0.303 e. The fourth-order valence-corrected chi connectivity index (χ4v) is 3.10. The molecular weight excluding hydrogens is 302 g/mol. The smallest absolute Gasteiger partial charge is 0.179 e. The van der Waals surface area contributed by atoms with Crippen molar-refractivity contribution in [1.82, 2.24) is 4.90 Å². The van der Waals surface area contributed by atoms with Crippen molar-refractivity contribution in [2.75, 3.05) is 25.4 Å². The predicted octanol–water partition coefficient (Wildman–Crippen LogP) is 2.56. The zero-order valence-corrected chi connectivity index (χ0v) is 12.6. The first-order chi connectivity index (χ1) is 7.99. The molecule has 5 heteroatoms. The van der Waals surface area contributed by atoms with Gasteiger partial charge in [0.05, 0.1) is 10.6 Å². The number of halogens is 1. The summed E-state index contributed by atoms with van der Waals surface area (Å²) in [6.07, 6.45) is 0. The van der Waals surface area contributed by atoms with Gasteiger partial charge >= 0.3 is 0 Å². The molecule has 0 aliphatic heterocycles. The van der Waals surface area contributed by atoms with Gasteiger partial charge in [-0.3, -0.25) is 0 Å². The topological polar surface area (TPSA) is 37.4 Å². The predicted molar refractivity (Wildman–Crippen MR) is 74.0 cm³/mol. The minimum atomic E-state index is -3.15. The highest BCUT2D eigenvalue weighted by molar-refractivity contribution is 9.10. The number of benzene rings is 1. The first-order valence-corrected chi connectivity index (χ1v) is 8.14. The van der Waals surface area contributed by atoms with Gasteiger partial charge in [-0.1, -0.05) is 29.8 Å². The number of hydrogen-bond acceptors (Lipinski definition) is 3. The van der Waals surface area contributed by atoms with Crippen LogP contribution in [0.15, 0.2) is 33.6 Å². The van der Waals surface area contributed by atoms with Crippen LogP contribution in [0.1, 0.15) is 13.8 Å². The second kappa shape index (κ2) is 6.52. The molecule has 96 valence electrons. The third-order valence-corrected chi connectivity index (χ3v) is 4.98. The maximum atomic E-state index is 12.0. The summed E-state index contributed by atoms with van der Waals surface area (Å²) in [6, 6.07) is 6.79. The van der Waals surface area contributed by atoms with Gasteiger partial charge in [-0.25, -0.2) is 8.42 Å². The molecule has 0 fully saturated rings. The van der Waals surface area contributed by atoms with Crippen molar-refractivity contribution in [2.45, 2.75) is 18.7 Å². The first kappa shape index (κ1) is 14.7. The van der Waals surface area contributed by atoms with Crippen LogP contribution < -0.4 is 0 Å². The highest BCUT2D eigenvalue weighted by Gasteiger charge is 2.15. The molecular formula is C12H18BrNO2S. The summed E-state index contributed by atoms with van der Waals surface area (Å²) < 4.78 is 25.0. The Bertz CT molecular complexity index is 438. The monoisotopic (exact) mass is 319 g/mol. The van der Waals surface area contributed by atoms with E-state index < -0.39 is 9.84 Å². The van der Waals surface area contributed by atoms with Crippen molar-refractivity contribution in [3.8, 4) is 0 Å². The summed E-state index contributed by atoms with van der Waals surface area (Å²) in [7, 11) is -3.15. The van der Waals surface area contributed by atoms with Crippen molar-refractivity contribution in [3.63, 3.8) is 0 Å². The van der Waals surface area contributed by atoms with Crippen molar-refractivity contribution >= 4 is 25.8 Å². The summed E-state index contributed by atoms with van der Waals surface area (Å²) in [5.41, 5.74) is 0. The van der Waals surface area contributed by atoms with E-state index in [4.69, 9.17) is 0 Å². The van der Waals surface area contributed by atoms with Crippen LogP contribution in [0, 0.1) is 0 Å². The van der Waals surface area contributed by atoms with Crippen molar-refractivity contribution < 1.29 is 8.42 Å². The van der Waals surface area contributed by atoms with E-state index in [1.807, 2.05) is 13.8 Å². The number of sulfone groups is 1. The van der Waals surface area contributed by atoms with Crippen LogP contribution in [-0.4, -0.2) is 38.7 Å². The van der Waals surface area contributed by atoms with E-state index in [1.54, 1.807) is 24.3 Å². The van der Waals surface area contributed by atoms with E-state index in [2.05, 4.69) is 20.8 Å². The molecule has 0 saturated heterocycles. The SMILES string of the molecule is CCN(CC)CCS(=O)(=O)c1ccc(Br)cc1. The lowest BCUT2D eigenvalue weighted by Crippen LogP contribution is -2.29. The van der Waals surface area contributed by atoms with E-state index in [0.29, 0.717) is 11.4 Å². The summed E-state index contributed by atoms with van der Waals surface area (Å²) in [5.74, 6) is 0.177. The summed E-state index contributed by atoms with van der Waals surface area (Å²) >= 11 is 3.29. The molecule has 0 N–H and O–H groups in total. The van der Waals surface area contributed by atoms with Gasteiger partial charge in [0.15, 0.2) is 9.84 Å². The first-order valence-electron chi connectivity index (χ1n) is 5.70. The molecule has 0 heterocycles. The standard InChI is InChI=1S/C12H18BrNO2S/c1-3-14(4-2)9-10-17(15,16)12-7-5-11(13)6-8-12/h5-8H,3-4,9-10H2,1-2H3. The van der Waals surface area contributed by atoms with Crippen LogP contribution in [0.5, 0.6) is 0 Å². The second-order valence-corrected chi connectivity index (χ2v) is 6.82. The van der Waals surface area contributed by atoms with E-state index in [1.165, 1.54) is 0 Å². The van der Waals surface area contributed by atoms with Crippen LogP contribution in [0.3, 0.4) is 0 Å². The van der Waals surface area contributed by atoms with Crippen molar-refractivity contribution in [2.24, 2.45) is 0 Å². The van der Waals surface area contributed by atoms with Crippen LogP contribution in [0.2, 0.25) is 0 Å². The number of nitrogens with zero attached hydrogens (tertiary/aromatic N) is 1. The largest absolute Gasteiger partial charge is 0.303 e. The fourth-order valence-electron chi connectivity index (χ4n) is 1.55. The molecule has 0 spiro atoms. The summed E-state index contributed by atoms with van der Waals surface area (Å²) in [6.45, 7) is 6.43. The van der Waals surface area contributed by atoms with Crippen LogP contribution in [-0.2, 0) is 9.84 Å². The quantitative estimate of drug-likeness (QED) is 0.808. The van der Waals surface area contributed by atoms with E-state index in [-0.39, 0.29) is 5.75 Å². The zero-order valence-electron chi connectivity index (χ0n) is 10.2. The molecule has 0 aliphatic rings. The maximum Gasteiger partial charge on any atom is 0.179 e. The minimum absolute atomic E-state index is 0.177. The third kappa shape index (κ3) is 4.41. The van der Waals surface area contributed by atoms with Gasteiger partial charge in [0.2, 0.25) is 0 Å². The van der Waals surface area contributed by atoms with Gasteiger partial charge in [-0.05, 0) is 37.4 Å². The maximum absolute atomic E-state index is 12.0. The summed E-state index contributed by atoms with van der Waals surface area (Å²) in [4.78, 5) is 2.50. The Morgan fingerprint density at radius 3 is 2.12 bits per heavy atom. The molecule has 0 aliphatic carbocycles. The Morgan fingerprint density at radius 2 is 1.65 bits per heavy atom. The second-order valence-electron chi connectivity index (χ2n) is 3.80. The average molecular weight is 320 g/mol. The number of rotatable bonds is 6. The van der Waals surface area contributed by atoms with Gasteiger partial charge in [-0.15, -0.1) is 0 Å². The van der Waals surface area contributed by atoms with Gasteiger partial charge in [0.1, 0.15) is 0 Å². The van der Waals surface area contributed by atoms with E-state index in [0.717, 1.165) is 17.6 Å². The van der Waals surface area contributed by atoms with Gasteiger partial charge in [0.25, 0.3) is 0 Å². The Labute approximate surface area is 112 Å². The Balaban J connectivity index is 2.72.